The number of nitrogens with one attached hydrogen (secondary N) is 1. The van der Waals surface area contributed by atoms with Crippen LogP contribution >= 0.6 is 11.6 Å². The van der Waals surface area contributed by atoms with Crippen LogP contribution in [0.4, 0.5) is 10.1 Å². The number of fused-ring (bicyclic) bond motifs is 1. The summed E-state index contributed by atoms with van der Waals surface area (Å²) >= 11 is 6.22. The van der Waals surface area contributed by atoms with Crippen molar-refractivity contribution in [3.8, 4) is 28.0 Å². The Labute approximate surface area is 239 Å². The molecule has 0 fully saturated rings. The van der Waals surface area contributed by atoms with E-state index >= 15 is 0 Å². The maximum Gasteiger partial charge on any atom is 0.337 e. The van der Waals surface area contributed by atoms with E-state index in [0.717, 1.165) is 36.5 Å². The lowest BCUT2D eigenvalue weighted by molar-refractivity contribution is -0.160. The van der Waals surface area contributed by atoms with Gasteiger partial charge in [-0.1, -0.05) is 17.7 Å². The van der Waals surface area contributed by atoms with Crippen LogP contribution < -0.4 is 9.46 Å². The summed E-state index contributed by atoms with van der Waals surface area (Å²) in [5.74, 6) is -1.06. The minimum absolute atomic E-state index is 0.130. The molecule has 0 bridgehead atoms. The first-order valence-electron chi connectivity index (χ1n) is 12.8. The highest BCUT2D eigenvalue weighted by Crippen LogP contribution is 2.48. The predicted octanol–water partition coefficient (Wildman–Crippen LogP) is 7.07. The number of aliphatic carboxylic acids is 1. The molecule has 2 N–H and O–H groups in total. The Morgan fingerprint density at radius 3 is 2.40 bits per heavy atom. The number of benzene rings is 3. The summed E-state index contributed by atoms with van der Waals surface area (Å²) in [7, 11) is -3.84. The summed E-state index contributed by atoms with van der Waals surface area (Å²) in [5, 5.41) is 10.5. The van der Waals surface area contributed by atoms with E-state index in [0.29, 0.717) is 45.6 Å². The Morgan fingerprint density at radius 2 is 1.80 bits per heavy atom. The fourth-order valence-corrected chi connectivity index (χ4v) is 6.05. The van der Waals surface area contributed by atoms with Crippen molar-refractivity contribution >= 4 is 33.3 Å². The summed E-state index contributed by atoms with van der Waals surface area (Å²) in [6, 6.07) is 9.63. The lowest BCUT2D eigenvalue weighted by Gasteiger charge is -2.31. The van der Waals surface area contributed by atoms with Gasteiger partial charge in [0.25, 0.3) is 0 Å². The molecule has 0 saturated heterocycles. The number of hydrogen-bond acceptors (Lipinski definition) is 5. The molecule has 3 aromatic carbocycles. The molecule has 1 heterocycles. The first-order valence-corrected chi connectivity index (χ1v) is 15.1. The normalized spacial score (nSPS) is 14.3. The number of rotatable bonds is 7. The monoisotopic (exact) mass is 589 g/mol. The molecule has 3 aromatic rings. The van der Waals surface area contributed by atoms with Gasteiger partial charge in [0.2, 0.25) is 10.0 Å². The molecule has 10 heteroatoms. The Morgan fingerprint density at radius 1 is 1.10 bits per heavy atom. The number of carboxylic acid groups (broad SMARTS) is 1. The van der Waals surface area contributed by atoms with Crippen LogP contribution in [-0.4, -0.2) is 38.0 Å². The second-order valence-electron chi connectivity index (χ2n) is 11.0. The third-order valence-corrected chi connectivity index (χ3v) is 7.44. The number of carboxylic acids is 1. The Balaban J connectivity index is 2.18. The highest BCUT2D eigenvalue weighted by Gasteiger charge is 2.34. The molecular weight excluding hydrogens is 557 g/mol. The number of carbonyl (C=O) groups is 1. The van der Waals surface area contributed by atoms with Gasteiger partial charge in [0.1, 0.15) is 11.6 Å². The maximum atomic E-state index is 14.6. The number of halogens is 2. The van der Waals surface area contributed by atoms with Crippen LogP contribution in [0.1, 0.15) is 55.5 Å². The van der Waals surface area contributed by atoms with E-state index in [9.17, 15) is 22.7 Å². The third kappa shape index (κ3) is 6.43. The van der Waals surface area contributed by atoms with Gasteiger partial charge in [-0.2, -0.15) is 0 Å². The van der Waals surface area contributed by atoms with Gasteiger partial charge < -0.3 is 14.6 Å². The summed E-state index contributed by atoms with van der Waals surface area (Å²) in [5.41, 5.74) is 3.43. The minimum atomic E-state index is -3.84. The molecule has 1 aliphatic rings. The molecule has 0 saturated carbocycles. The highest BCUT2D eigenvalue weighted by molar-refractivity contribution is 7.92. The lowest BCUT2D eigenvalue weighted by atomic mass is 9.82. The van der Waals surface area contributed by atoms with Gasteiger partial charge in [-0.05, 0) is 111 Å². The van der Waals surface area contributed by atoms with Gasteiger partial charge in [-0.3, -0.25) is 4.72 Å². The van der Waals surface area contributed by atoms with Crippen LogP contribution in [0.25, 0.3) is 22.3 Å². The van der Waals surface area contributed by atoms with Crippen molar-refractivity contribution in [2.24, 2.45) is 0 Å². The van der Waals surface area contributed by atoms with Crippen molar-refractivity contribution in [1.82, 2.24) is 0 Å². The number of hydrogen-bond donors (Lipinski definition) is 2. The van der Waals surface area contributed by atoms with Gasteiger partial charge in [0.05, 0.1) is 24.2 Å². The van der Waals surface area contributed by atoms with E-state index in [1.165, 1.54) is 6.07 Å². The van der Waals surface area contributed by atoms with Gasteiger partial charge in [-0.25, -0.2) is 17.6 Å². The molecule has 0 radical (unpaired) electrons. The van der Waals surface area contributed by atoms with Crippen LogP contribution in [0.2, 0.25) is 5.02 Å². The van der Waals surface area contributed by atoms with Crippen LogP contribution in [0.15, 0.2) is 36.4 Å². The van der Waals surface area contributed by atoms with Gasteiger partial charge in [0, 0.05) is 16.1 Å². The van der Waals surface area contributed by atoms with Crippen molar-refractivity contribution in [1.29, 1.82) is 0 Å². The maximum absolute atomic E-state index is 14.6. The van der Waals surface area contributed by atoms with Crippen molar-refractivity contribution < 1.29 is 32.2 Å². The molecule has 0 aromatic heterocycles. The molecule has 4 rings (SSSR count). The van der Waals surface area contributed by atoms with Crippen LogP contribution in [0.3, 0.4) is 0 Å². The molecule has 7 nitrogen and oxygen atoms in total. The van der Waals surface area contributed by atoms with Crippen LogP contribution in [0.5, 0.6) is 5.75 Å². The zero-order valence-corrected chi connectivity index (χ0v) is 24.9. The topological polar surface area (TPSA) is 102 Å². The molecule has 0 aliphatic carbocycles. The Hall–Kier alpha value is -3.14. The predicted molar refractivity (Wildman–Crippen MR) is 155 cm³/mol. The highest BCUT2D eigenvalue weighted by atomic mass is 35.5. The minimum Gasteiger partial charge on any atom is -0.493 e. The first-order chi connectivity index (χ1) is 18.6. The SMILES string of the molecule is Cc1c(-c2cc(F)cc(Cl)c2)c(NS(C)(=O)=O)c(C)c(C(OC(C)(C)C)C(=O)O)c1-c1ccc2c(c1)CCCO2. The zero-order valence-electron chi connectivity index (χ0n) is 23.3. The molecule has 40 heavy (non-hydrogen) atoms. The fraction of sp³-hybridized carbons (Fsp3) is 0.367. The smallest absolute Gasteiger partial charge is 0.337 e. The number of anilines is 1. The fourth-order valence-electron chi connectivity index (χ4n) is 5.20. The van der Waals surface area contributed by atoms with Crippen LogP contribution in [0, 0.1) is 19.7 Å². The number of aryl methyl sites for hydroxylation is 1. The number of sulfonamides is 1. The zero-order chi connectivity index (χ0) is 29.6. The van der Waals surface area contributed by atoms with E-state index in [4.69, 9.17) is 21.1 Å². The van der Waals surface area contributed by atoms with Crippen molar-refractivity contribution in [3.63, 3.8) is 0 Å². The molecule has 0 spiro atoms. The molecule has 1 atom stereocenters. The van der Waals surface area contributed by atoms with Crippen molar-refractivity contribution in [2.75, 3.05) is 17.6 Å². The molecule has 1 aliphatic heterocycles. The Bertz CT molecular complexity index is 1580. The van der Waals surface area contributed by atoms with Gasteiger partial charge in [-0.15, -0.1) is 0 Å². The standard InChI is InChI=1S/C30H33ClFNO6S/c1-16-24(19-9-10-23-18(12-19)8-7-11-38-23)26(28(29(34)35)39-30(3,4)5)17(2)27(33-40(6,36)37)25(16)20-13-21(31)15-22(32)14-20/h9-10,12-15,28,33H,7-8,11H2,1-6H3,(H,34,35). The Kier molecular flexibility index (Phi) is 8.23. The lowest BCUT2D eigenvalue weighted by Crippen LogP contribution is -2.29. The van der Waals surface area contributed by atoms with Gasteiger partial charge >= 0.3 is 5.97 Å². The summed E-state index contributed by atoms with van der Waals surface area (Å²) < 4.78 is 54.2. The molecule has 214 valence electrons. The van der Waals surface area contributed by atoms with E-state index in [2.05, 4.69) is 4.72 Å². The second kappa shape index (κ2) is 11.0. The van der Waals surface area contributed by atoms with Crippen molar-refractivity contribution in [2.45, 2.75) is 59.2 Å². The second-order valence-corrected chi connectivity index (χ2v) is 13.2. The quantitative estimate of drug-likeness (QED) is 0.306. The van der Waals surface area contributed by atoms with E-state index in [1.54, 1.807) is 40.7 Å². The van der Waals surface area contributed by atoms with Crippen molar-refractivity contribution in [3.05, 3.63) is 69.5 Å². The van der Waals surface area contributed by atoms with Crippen LogP contribution in [-0.2, 0) is 26.0 Å². The average Bonchev–Trinajstić information content (AvgIpc) is 2.82. The third-order valence-electron chi connectivity index (χ3n) is 6.64. The largest absolute Gasteiger partial charge is 0.493 e. The molecule has 1 unspecified atom stereocenters. The first kappa shape index (κ1) is 29.8. The molecular formula is C30H33ClFNO6S. The average molecular weight is 590 g/mol. The number of ether oxygens (including phenoxy) is 2. The summed E-state index contributed by atoms with van der Waals surface area (Å²) in [4.78, 5) is 12.7. The van der Waals surface area contributed by atoms with E-state index in [-0.39, 0.29) is 10.7 Å². The summed E-state index contributed by atoms with van der Waals surface area (Å²) in [6.07, 6.45) is 1.20. The molecule has 0 amide bonds. The van der Waals surface area contributed by atoms with E-state index < -0.39 is 33.5 Å². The van der Waals surface area contributed by atoms with Gasteiger partial charge in [0.15, 0.2) is 6.10 Å². The van der Waals surface area contributed by atoms with E-state index in [1.807, 2.05) is 18.2 Å². The summed E-state index contributed by atoms with van der Waals surface area (Å²) in [6.45, 7) is 9.26.